The van der Waals surface area contributed by atoms with Crippen LogP contribution in [0.4, 0.5) is 0 Å². The molecule has 1 fully saturated rings. The smallest absolute Gasteiger partial charge is 0.188 e. The molecule has 0 aromatic rings. The molecule has 2 atom stereocenters. The van der Waals surface area contributed by atoms with Crippen molar-refractivity contribution in [1.82, 2.24) is 0 Å². The second-order valence-electron chi connectivity index (χ2n) is 2.13. The SMILES string of the molecule is CO[C@@H]1O[C@]1(C)CCl. The first-order valence-corrected chi connectivity index (χ1v) is 3.03. The van der Waals surface area contributed by atoms with Crippen LogP contribution in [0.1, 0.15) is 6.92 Å². The Labute approximate surface area is 53.7 Å². The largest absolute Gasteiger partial charge is 0.353 e. The van der Waals surface area contributed by atoms with Gasteiger partial charge in [0, 0.05) is 7.11 Å². The Hall–Kier alpha value is 0.210. The van der Waals surface area contributed by atoms with Gasteiger partial charge in [0.2, 0.25) is 0 Å². The Bertz CT molecular complexity index is 96.4. The lowest BCUT2D eigenvalue weighted by atomic mass is 10.2. The Morgan fingerprint density at radius 3 is 2.62 bits per heavy atom. The van der Waals surface area contributed by atoms with Gasteiger partial charge in [-0.05, 0) is 6.92 Å². The third kappa shape index (κ3) is 0.835. The Morgan fingerprint density at radius 2 is 2.50 bits per heavy atom. The number of ether oxygens (including phenoxy) is 2. The summed E-state index contributed by atoms with van der Waals surface area (Å²) in [7, 11) is 1.61. The van der Waals surface area contributed by atoms with Crippen molar-refractivity contribution < 1.29 is 9.47 Å². The number of halogens is 1. The molecule has 0 spiro atoms. The summed E-state index contributed by atoms with van der Waals surface area (Å²) in [4.78, 5) is 0. The van der Waals surface area contributed by atoms with Gasteiger partial charge in [-0.3, -0.25) is 0 Å². The van der Waals surface area contributed by atoms with E-state index in [0.717, 1.165) is 0 Å². The molecule has 0 radical (unpaired) electrons. The lowest BCUT2D eigenvalue weighted by molar-refractivity contribution is 0.0950. The lowest BCUT2D eigenvalue weighted by Crippen LogP contribution is -2.12. The van der Waals surface area contributed by atoms with Crippen molar-refractivity contribution in [3.63, 3.8) is 0 Å². The Morgan fingerprint density at radius 1 is 1.88 bits per heavy atom. The average Bonchev–Trinajstić information content (AvgIpc) is 2.44. The van der Waals surface area contributed by atoms with Gasteiger partial charge in [-0.2, -0.15) is 0 Å². The average molecular weight is 137 g/mol. The van der Waals surface area contributed by atoms with Crippen LogP contribution in [0.2, 0.25) is 0 Å². The summed E-state index contributed by atoms with van der Waals surface area (Å²) >= 11 is 5.51. The van der Waals surface area contributed by atoms with Gasteiger partial charge in [-0.1, -0.05) is 0 Å². The molecular weight excluding hydrogens is 128 g/mol. The Balaban J connectivity index is 2.31. The van der Waals surface area contributed by atoms with E-state index in [1.165, 1.54) is 0 Å². The molecule has 0 saturated carbocycles. The molecule has 1 rings (SSSR count). The minimum atomic E-state index is -0.198. The first-order chi connectivity index (χ1) is 3.73. The molecule has 0 bridgehead atoms. The predicted molar refractivity (Wildman–Crippen MR) is 31.0 cm³/mol. The molecule has 0 unspecified atom stereocenters. The van der Waals surface area contributed by atoms with E-state index in [9.17, 15) is 0 Å². The van der Waals surface area contributed by atoms with Crippen LogP contribution in [-0.4, -0.2) is 24.9 Å². The molecule has 0 N–H and O–H groups in total. The molecule has 0 aliphatic carbocycles. The fourth-order valence-corrected chi connectivity index (χ4v) is 0.791. The molecular formula is C5H9ClO2. The molecule has 1 aliphatic heterocycles. The van der Waals surface area contributed by atoms with E-state index in [0.29, 0.717) is 5.88 Å². The standard InChI is InChI=1S/C5H9ClO2/c1-5(3-6)4(7-2)8-5/h4H,3H2,1-2H3/t4-,5-/m1/s1. The van der Waals surface area contributed by atoms with E-state index in [1.54, 1.807) is 7.11 Å². The second-order valence-corrected chi connectivity index (χ2v) is 2.40. The summed E-state index contributed by atoms with van der Waals surface area (Å²) < 4.78 is 9.91. The molecule has 0 aromatic carbocycles. The Kier molecular flexibility index (Phi) is 1.48. The van der Waals surface area contributed by atoms with Gasteiger partial charge in [0.15, 0.2) is 6.29 Å². The van der Waals surface area contributed by atoms with Crippen molar-refractivity contribution in [3.8, 4) is 0 Å². The highest BCUT2D eigenvalue weighted by molar-refractivity contribution is 6.18. The molecule has 0 aromatic heterocycles. The maximum Gasteiger partial charge on any atom is 0.188 e. The highest BCUT2D eigenvalue weighted by Crippen LogP contribution is 2.36. The van der Waals surface area contributed by atoms with E-state index in [-0.39, 0.29) is 11.9 Å². The summed E-state index contributed by atoms with van der Waals surface area (Å²) in [5.74, 6) is 0.505. The first kappa shape index (κ1) is 6.33. The predicted octanol–water partition coefficient (Wildman–Crippen LogP) is 0.987. The summed E-state index contributed by atoms with van der Waals surface area (Å²) in [5, 5.41) is 0. The zero-order valence-electron chi connectivity index (χ0n) is 4.98. The normalized spacial score (nSPS) is 44.6. The topological polar surface area (TPSA) is 21.8 Å². The van der Waals surface area contributed by atoms with Gasteiger partial charge >= 0.3 is 0 Å². The first-order valence-electron chi connectivity index (χ1n) is 2.49. The van der Waals surface area contributed by atoms with Gasteiger partial charge in [-0.25, -0.2) is 0 Å². The van der Waals surface area contributed by atoms with Crippen molar-refractivity contribution >= 4 is 11.6 Å². The highest BCUT2D eigenvalue weighted by Gasteiger charge is 2.52. The van der Waals surface area contributed by atoms with Gasteiger partial charge in [0.25, 0.3) is 0 Å². The number of epoxide rings is 1. The maximum absolute atomic E-state index is 5.51. The minimum absolute atomic E-state index is 0.0694. The highest BCUT2D eigenvalue weighted by atomic mass is 35.5. The second kappa shape index (κ2) is 1.87. The zero-order valence-corrected chi connectivity index (χ0v) is 5.73. The van der Waals surface area contributed by atoms with Crippen LogP contribution in [0.5, 0.6) is 0 Å². The number of hydrogen-bond acceptors (Lipinski definition) is 2. The maximum atomic E-state index is 5.51. The fraction of sp³-hybridized carbons (Fsp3) is 1.00. The summed E-state index contributed by atoms with van der Waals surface area (Å²) in [6.07, 6.45) is -0.0694. The van der Waals surface area contributed by atoms with Crippen molar-refractivity contribution in [2.45, 2.75) is 18.8 Å². The van der Waals surface area contributed by atoms with E-state index < -0.39 is 0 Å². The van der Waals surface area contributed by atoms with Crippen LogP contribution < -0.4 is 0 Å². The van der Waals surface area contributed by atoms with E-state index in [2.05, 4.69) is 0 Å². The fourth-order valence-electron chi connectivity index (χ4n) is 0.602. The molecule has 2 nitrogen and oxygen atoms in total. The summed E-state index contributed by atoms with van der Waals surface area (Å²) in [6.45, 7) is 1.92. The van der Waals surface area contributed by atoms with Crippen LogP contribution in [0.25, 0.3) is 0 Å². The molecule has 1 heterocycles. The van der Waals surface area contributed by atoms with Gasteiger partial charge < -0.3 is 9.47 Å². The third-order valence-corrected chi connectivity index (χ3v) is 1.83. The molecule has 8 heavy (non-hydrogen) atoms. The van der Waals surface area contributed by atoms with Crippen molar-refractivity contribution in [2.75, 3.05) is 13.0 Å². The molecule has 1 aliphatic rings. The van der Waals surface area contributed by atoms with Crippen LogP contribution >= 0.6 is 11.6 Å². The monoisotopic (exact) mass is 136 g/mol. The van der Waals surface area contributed by atoms with Crippen molar-refractivity contribution in [1.29, 1.82) is 0 Å². The van der Waals surface area contributed by atoms with Crippen molar-refractivity contribution in [3.05, 3.63) is 0 Å². The molecule has 3 heteroatoms. The van der Waals surface area contributed by atoms with E-state index in [1.807, 2.05) is 6.92 Å². The van der Waals surface area contributed by atoms with Crippen molar-refractivity contribution in [2.24, 2.45) is 0 Å². The van der Waals surface area contributed by atoms with Gasteiger partial charge in [-0.15, -0.1) is 11.6 Å². The zero-order chi connectivity index (χ0) is 6.20. The van der Waals surface area contributed by atoms with Crippen LogP contribution in [0.15, 0.2) is 0 Å². The van der Waals surface area contributed by atoms with E-state index >= 15 is 0 Å². The van der Waals surface area contributed by atoms with Gasteiger partial charge in [0.1, 0.15) is 5.60 Å². The number of methoxy groups -OCH3 is 1. The minimum Gasteiger partial charge on any atom is -0.353 e. The van der Waals surface area contributed by atoms with Crippen LogP contribution in [0.3, 0.4) is 0 Å². The summed E-state index contributed by atoms with van der Waals surface area (Å²) in [6, 6.07) is 0. The van der Waals surface area contributed by atoms with Crippen LogP contribution in [0, 0.1) is 0 Å². The summed E-state index contributed by atoms with van der Waals surface area (Å²) in [5.41, 5.74) is -0.198. The third-order valence-electron chi connectivity index (χ3n) is 1.30. The lowest BCUT2D eigenvalue weighted by Gasteiger charge is -1.94. The number of hydrogen-bond donors (Lipinski definition) is 0. The van der Waals surface area contributed by atoms with Gasteiger partial charge in [0.05, 0.1) is 5.88 Å². The molecule has 0 amide bonds. The number of alkyl halides is 1. The molecule has 1 saturated heterocycles. The van der Waals surface area contributed by atoms with E-state index in [4.69, 9.17) is 21.1 Å². The number of rotatable bonds is 2. The van der Waals surface area contributed by atoms with Crippen LogP contribution in [-0.2, 0) is 9.47 Å². The molecule has 48 valence electrons. The quantitative estimate of drug-likeness (QED) is 0.417.